The van der Waals surface area contributed by atoms with Gasteiger partial charge in [0.25, 0.3) is 0 Å². The van der Waals surface area contributed by atoms with Gasteiger partial charge in [0, 0.05) is 44.4 Å². The molecule has 112 valence electrons. The molecule has 0 saturated carbocycles. The number of aromatic nitrogens is 2. The second-order valence-corrected chi connectivity index (χ2v) is 6.05. The zero-order chi connectivity index (χ0) is 15.1. The van der Waals surface area contributed by atoms with Crippen LogP contribution in [0, 0.1) is 5.92 Å². The monoisotopic (exact) mass is 294 g/mol. The number of rotatable bonds is 2. The normalized spacial score (nSPS) is 20.2. The lowest BCUT2D eigenvalue weighted by atomic mass is 10.1. The van der Waals surface area contributed by atoms with E-state index in [1.54, 1.807) is 12.1 Å². The van der Waals surface area contributed by atoms with Crippen molar-refractivity contribution >= 4 is 5.82 Å². The molecule has 2 aromatic rings. The van der Waals surface area contributed by atoms with Crippen molar-refractivity contribution in [1.29, 1.82) is 0 Å². The summed E-state index contributed by atoms with van der Waals surface area (Å²) in [7, 11) is 2.12. The van der Waals surface area contributed by atoms with E-state index in [1.165, 1.54) is 5.57 Å². The molecule has 3 heterocycles. The summed E-state index contributed by atoms with van der Waals surface area (Å²) < 4.78 is 0. The Morgan fingerprint density at radius 3 is 2.77 bits per heavy atom. The molecule has 1 aromatic carbocycles. The van der Waals surface area contributed by atoms with Gasteiger partial charge < -0.3 is 14.9 Å². The zero-order valence-corrected chi connectivity index (χ0v) is 12.5. The lowest BCUT2D eigenvalue weighted by Crippen LogP contribution is -2.25. The Bertz CT molecular complexity index is 726. The average Bonchev–Trinajstić information content (AvgIpc) is 3.05. The molecule has 4 rings (SSSR count). The second kappa shape index (κ2) is 5.02. The van der Waals surface area contributed by atoms with E-state index in [0.29, 0.717) is 5.92 Å². The summed E-state index contributed by atoms with van der Waals surface area (Å²) in [5.41, 5.74) is 3.14. The fraction of sp³-hybridized carbons (Fsp3) is 0.294. The Balaban J connectivity index is 1.55. The van der Waals surface area contributed by atoms with Crippen molar-refractivity contribution in [3.05, 3.63) is 48.2 Å². The van der Waals surface area contributed by atoms with Gasteiger partial charge in [-0.15, -0.1) is 10.2 Å². The Kier molecular flexibility index (Phi) is 2.99. The van der Waals surface area contributed by atoms with Crippen LogP contribution in [0.2, 0.25) is 0 Å². The molecule has 5 heteroatoms. The van der Waals surface area contributed by atoms with Crippen LogP contribution >= 0.6 is 0 Å². The third-order valence-electron chi connectivity index (χ3n) is 4.35. The molecule has 1 N–H and O–H groups in total. The molecule has 1 unspecified atom stereocenters. The summed E-state index contributed by atoms with van der Waals surface area (Å²) >= 11 is 0. The first-order valence-electron chi connectivity index (χ1n) is 7.48. The molecule has 1 saturated heterocycles. The van der Waals surface area contributed by atoms with Crippen molar-refractivity contribution in [3.63, 3.8) is 0 Å². The highest BCUT2D eigenvalue weighted by Crippen LogP contribution is 2.31. The lowest BCUT2D eigenvalue weighted by Gasteiger charge is -2.18. The third-order valence-corrected chi connectivity index (χ3v) is 4.35. The van der Waals surface area contributed by atoms with Gasteiger partial charge in [-0.25, -0.2) is 0 Å². The first-order valence-corrected chi connectivity index (χ1v) is 7.48. The molecule has 0 bridgehead atoms. The van der Waals surface area contributed by atoms with E-state index in [4.69, 9.17) is 0 Å². The van der Waals surface area contributed by atoms with Gasteiger partial charge >= 0.3 is 0 Å². The van der Waals surface area contributed by atoms with Crippen LogP contribution in [-0.2, 0) is 0 Å². The lowest BCUT2D eigenvalue weighted by molar-refractivity contribution is 0.442. The topological polar surface area (TPSA) is 52.5 Å². The van der Waals surface area contributed by atoms with Crippen molar-refractivity contribution in [2.45, 2.75) is 0 Å². The standard InChI is InChI=1S/C17H18N4O/c1-20-8-13-10-21(11-14(13)9-20)17-6-5-16(18-19-17)12-3-2-4-15(22)7-12/h2-8,14,22H,9-11H2,1H3. The predicted octanol–water partition coefficient (Wildman–Crippen LogP) is 2.11. The smallest absolute Gasteiger partial charge is 0.151 e. The summed E-state index contributed by atoms with van der Waals surface area (Å²) in [5, 5.41) is 18.2. The molecule has 1 atom stereocenters. The van der Waals surface area contributed by atoms with Gasteiger partial charge in [-0.2, -0.15) is 0 Å². The summed E-state index contributed by atoms with van der Waals surface area (Å²) in [6.45, 7) is 3.05. The van der Waals surface area contributed by atoms with Gasteiger partial charge in [0.1, 0.15) is 5.75 Å². The first kappa shape index (κ1) is 13.1. The molecule has 22 heavy (non-hydrogen) atoms. The Morgan fingerprint density at radius 1 is 1.14 bits per heavy atom. The molecule has 1 fully saturated rings. The number of anilines is 1. The van der Waals surface area contributed by atoms with E-state index in [1.807, 2.05) is 24.3 Å². The third kappa shape index (κ3) is 2.28. The maximum absolute atomic E-state index is 9.55. The van der Waals surface area contributed by atoms with Crippen LogP contribution in [0.15, 0.2) is 48.2 Å². The van der Waals surface area contributed by atoms with Crippen molar-refractivity contribution < 1.29 is 5.11 Å². The van der Waals surface area contributed by atoms with Crippen molar-refractivity contribution in [2.24, 2.45) is 5.92 Å². The molecule has 1 aromatic heterocycles. The van der Waals surface area contributed by atoms with Crippen LogP contribution < -0.4 is 4.90 Å². The minimum atomic E-state index is 0.242. The summed E-state index contributed by atoms with van der Waals surface area (Å²) in [5.74, 6) is 1.78. The van der Waals surface area contributed by atoms with Gasteiger partial charge in [0.2, 0.25) is 0 Å². The first-order chi connectivity index (χ1) is 10.7. The van der Waals surface area contributed by atoms with E-state index in [2.05, 4.69) is 33.2 Å². The van der Waals surface area contributed by atoms with Gasteiger partial charge in [-0.1, -0.05) is 12.1 Å². The number of hydrogen-bond donors (Lipinski definition) is 1. The molecule has 0 amide bonds. The maximum Gasteiger partial charge on any atom is 0.151 e. The number of nitrogens with zero attached hydrogens (tertiary/aromatic N) is 4. The predicted molar refractivity (Wildman–Crippen MR) is 85.5 cm³/mol. The highest BCUT2D eigenvalue weighted by Gasteiger charge is 2.32. The Labute approximate surface area is 129 Å². The van der Waals surface area contributed by atoms with Crippen LogP contribution in [0.5, 0.6) is 5.75 Å². The molecule has 0 aliphatic carbocycles. The number of aromatic hydroxyl groups is 1. The number of benzene rings is 1. The molecular weight excluding hydrogens is 276 g/mol. The van der Waals surface area contributed by atoms with Crippen molar-refractivity contribution in [3.8, 4) is 17.0 Å². The Morgan fingerprint density at radius 2 is 2.05 bits per heavy atom. The van der Waals surface area contributed by atoms with Gasteiger partial charge in [0.15, 0.2) is 5.82 Å². The van der Waals surface area contributed by atoms with Crippen LogP contribution in [0.4, 0.5) is 5.82 Å². The molecule has 5 nitrogen and oxygen atoms in total. The number of phenolic OH excluding ortho intramolecular Hbond substituents is 1. The summed E-state index contributed by atoms with van der Waals surface area (Å²) in [4.78, 5) is 4.54. The van der Waals surface area contributed by atoms with Gasteiger partial charge in [-0.3, -0.25) is 0 Å². The van der Waals surface area contributed by atoms with E-state index in [-0.39, 0.29) is 5.75 Å². The van der Waals surface area contributed by atoms with Crippen LogP contribution in [-0.4, -0.2) is 46.9 Å². The molecule has 2 aliphatic rings. The number of hydrogen-bond acceptors (Lipinski definition) is 5. The number of phenols is 1. The maximum atomic E-state index is 9.55. The number of fused-ring (bicyclic) bond motifs is 1. The molecule has 2 aliphatic heterocycles. The van der Waals surface area contributed by atoms with Crippen molar-refractivity contribution in [1.82, 2.24) is 15.1 Å². The molecule has 0 spiro atoms. The van der Waals surface area contributed by atoms with Gasteiger partial charge in [0.05, 0.1) is 5.69 Å². The molecule has 0 radical (unpaired) electrons. The second-order valence-electron chi connectivity index (χ2n) is 6.05. The minimum absolute atomic E-state index is 0.242. The quantitative estimate of drug-likeness (QED) is 0.919. The van der Waals surface area contributed by atoms with Crippen LogP contribution in [0.25, 0.3) is 11.3 Å². The summed E-state index contributed by atoms with van der Waals surface area (Å²) in [6, 6.07) is 11.1. The van der Waals surface area contributed by atoms with Crippen LogP contribution in [0.3, 0.4) is 0 Å². The van der Waals surface area contributed by atoms with Crippen LogP contribution in [0.1, 0.15) is 0 Å². The summed E-state index contributed by atoms with van der Waals surface area (Å²) in [6.07, 6.45) is 2.25. The SMILES string of the molecule is CN1C=C2CN(c3ccc(-c4cccc(O)c4)nn3)CC2C1. The van der Waals surface area contributed by atoms with Gasteiger partial charge in [-0.05, 0) is 29.8 Å². The fourth-order valence-corrected chi connectivity index (χ4v) is 3.29. The minimum Gasteiger partial charge on any atom is -0.508 e. The molecular formula is C17H18N4O. The fourth-order valence-electron chi connectivity index (χ4n) is 3.29. The van der Waals surface area contributed by atoms with E-state index in [9.17, 15) is 5.11 Å². The van der Waals surface area contributed by atoms with E-state index >= 15 is 0 Å². The highest BCUT2D eigenvalue weighted by molar-refractivity contribution is 5.61. The Hall–Kier alpha value is -2.56. The van der Waals surface area contributed by atoms with E-state index in [0.717, 1.165) is 36.7 Å². The van der Waals surface area contributed by atoms with Crippen molar-refractivity contribution in [2.75, 3.05) is 31.6 Å². The average molecular weight is 294 g/mol. The van der Waals surface area contributed by atoms with E-state index < -0.39 is 0 Å². The highest BCUT2D eigenvalue weighted by atomic mass is 16.3. The largest absolute Gasteiger partial charge is 0.508 e. The zero-order valence-electron chi connectivity index (χ0n) is 12.5.